The largest absolute Gasteiger partial charge is 0.329 e. The number of carbonyl (C=O) groups excluding carboxylic acids is 1. The van der Waals surface area contributed by atoms with Crippen LogP contribution in [0.2, 0.25) is 0 Å². The fourth-order valence-electron chi connectivity index (χ4n) is 1.39. The zero-order valence-electron chi connectivity index (χ0n) is 7.26. The lowest BCUT2D eigenvalue weighted by atomic mass is 10.2. The van der Waals surface area contributed by atoms with E-state index in [4.69, 9.17) is 0 Å². The molecule has 0 saturated carbocycles. The third-order valence-electron chi connectivity index (χ3n) is 2.10. The Labute approximate surface area is 67.8 Å². The van der Waals surface area contributed by atoms with E-state index in [-0.39, 0.29) is 11.9 Å². The molecule has 1 amide bonds. The minimum Gasteiger partial charge on any atom is -0.329 e. The number of rotatable bonds is 3. The Morgan fingerprint density at radius 2 is 2.36 bits per heavy atom. The molecule has 11 heavy (non-hydrogen) atoms. The summed E-state index contributed by atoms with van der Waals surface area (Å²) in [6, 6.07) is 0.0972. The van der Waals surface area contributed by atoms with Gasteiger partial charge in [0.05, 0.1) is 12.7 Å². The van der Waals surface area contributed by atoms with E-state index in [0.29, 0.717) is 0 Å². The molecule has 1 saturated heterocycles. The van der Waals surface area contributed by atoms with Crippen molar-refractivity contribution in [1.29, 1.82) is 0 Å². The van der Waals surface area contributed by atoms with Gasteiger partial charge in [0.1, 0.15) is 0 Å². The highest BCUT2D eigenvalue weighted by atomic mass is 16.2. The van der Waals surface area contributed by atoms with Crippen molar-refractivity contribution in [2.75, 3.05) is 13.2 Å². The van der Waals surface area contributed by atoms with Crippen molar-refractivity contribution in [3.8, 4) is 0 Å². The van der Waals surface area contributed by atoms with Crippen LogP contribution in [0.5, 0.6) is 0 Å². The number of hydrogen-bond donors (Lipinski definition) is 1. The van der Waals surface area contributed by atoms with Crippen LogP contribution in [0.25, 0.3) is 0 Å². The first-order chi connectivity index (χ1) is 5.29. The van der Waals surface area contributed by atoms with Gasteiger partial charge < -0.3 is 4.90 Å². The van der Waals surface area contributed by atoms with Crippen LogP contribution in [-0.4, -0.2) is 30.1 Å². The molecule has 0 bridgehead atoms. The minimum atomic E-state index is 0.0972. The van der Waals surface area contributed by atoms with E-state index in [2.05, 4.69) is 12.2 Å². The molecule has 1 aliphatic rings. The van der Waals surface area contributed by atoms with E-state index < -0.39 is 0 Å². The molecule has 0 aliphatic carbocycles. The zero-order valence-corrected chi connectivity index (χ0v) is 7.26. The van der Waals surface area contributed by atoms with E-state index in [0.717, 1.165) is 26.1 Å². The molecule has 1 N–H and O–H groups in total. The Balaban J connectivity index is 2.42. The van der Waals surface area contributed by atoms with Gasteiger partial charge in [-0.05, 0) is 13.3 Å². The Morgan fingerprint density at radius 1 is 1.64 bits per heavy atom. The van der Waals surface area contributed by atoms with Gasteiger partial charge in [0.15, 0.2) is 0 Å². The summed E-state index contributed by atoms with van der Waals surface area (Å²) < 4.78 is 0. The van der Waals surface area contributed by atoms with Crippen molar-refractivity contribution in [3.63, 3.8) is 0 Å². The molecule has 1 atom stereocenters. The third-order valence-corrected chi connectivity index (χ3v) is 2.10. The van der Waals surface area contributed by atoms with Crippen LogP contribution < -0.4 is 5.32 Å². The molecule has 3 heteroatoms. The molecule has 1 rings (SSSR count). The molecule has 1 aliphatic heterocycles. The molecular formula is C8H16N2O. The Bertz CT molecular complexity index is 147. The first-order valence-corrected chi connectivity index (χ1v) is 4.31. The highest BCUT2D eigenvalue weighted by Gasteiger charge is 2.28. The SMILES string of the molecule is CCCC1NCN(CC)C1=O. The summed E-state index contributed by atoms with van der Waals surface area (Å²) in [5.74, 6) is 0.273. The average Bonchev–Trinajstić information content (AvgIpc) is 2.34. The van der Waals surface area contributed by atoms with Crippen LogP contribution in [0.15, 0.2) is 0 Å². The van der Waals surface area contributed by atoms with Crippen molar-refractivity contribution in [2.45, 2.75) is 32.7 Å². The summed E-state index contributed by atoms with van der Waals surface area (Å²) in [5, 5.41) is 3.18. The van der Waals surface area contributed by atoms with Crippen LogP contribution in [0.3, 0.4) is 0 Å². The highest BCUT2D eigenvalue weighted by molar-refractivity contribution is 5.83. The molecule has 0 aromatic heterocycles. The molecule has 1 unspecified atom stereocenters. The molecule has 0 spiro atoms. The smallest absolute Gasteiger partial charge is 0.240 e. The summed E-state index contributed by atoms with van der Waals surface area (Å²) in [6.45, 7) is 5.67. The predicted molar refractivity (Wildman–Crippen MR) is 44.1 cm³/mol. The normalized spacial score (nSPS) is 24.7. The van der Waals surface area contributed by atoms with E-state index in [1.54, 1.807) is 0 Å². The second kappa shape index (κ2) is 3.72. The fourth-order valence-corrected chi connectivity index (χ4v) is 1.39. The lowest BCUT2D eigenvalue weighted by molar-refractivity contribution is -0.128. The van der Waals surface area contributed by atoms with E-state index in [1.807, 2.05) is 11.8 Å². The number of carbonyl (C=O) groups is 1. The Morgan fingerprint density at radius 3 is 2.82 bits per heavy atom. The van der Waals surface area contributed by atoms with Gasteiger partial charge in [-0.3, -0.25) is 10.1 Å². The van der Waals surface area contributed by atoms with Gasteiger partial charge in [0.25, 0.3) is 0 Å². The lowest BCUT2D eigenvalue weighted by Crippen LogP contribution is -2.30. The predicted octanol–water partition coefficient (Wildman–Crippen LogP) is 0.564. The molecule has 1 fully saturated rings. The van der Waals surface area contributed by atoms with Gasteiger partial charge >= 0.3 is 0 Å². The molecule has 0 radical (unpaired) electrons. The van der Waals surface area contributed by atoms with Crippen molar-refractivity contribution in [3.05, 3.63) is 0 Å². The Hall–Kier alpha value is -0.570. The van der Waals surface area contributed by atoms with Gasteiger partial charge in [0.2, 0.25) is 5.91 Å². The number of amides is 1. The quantitative estimate of drug-likeness (QED) is 0.647. The van der Waals surface area contributed by atoms with Crippen molar-refractivity contribution < 1.29 is 4.79 Å². The van der Waals surface area contributed by atoms with Crippen LogP contribution in [0.1, 0.15) is 26.7 Å². The maximum Gasteiger partial charge on any atom is 0.240 e. The molecule has 0 aromatic rings. The second-order valence-corrected chi connectivity index (χ2v) is 2.90. The number of likely N-dealkylation sites (N-methyl/N-ethyl adjacent to an activating group) is 1. The standard InChI is InChI=1S/C8H16N2O/c1-3-5-7-8(11)10(4-2)6-9-7/h7,9H,3-6H2,1-2H3. The maximum atomic E-state index is 11.4. The molecule has 0 aromatic carbocycles. The lowest BCUT2D eigenvalue weighted by Gasteiger charge is -2.11. The van der Waals surface area contributed by atoms with Crippen LogP contribution in [-0.2, 0) is 4.79 Å². The molecule has 1 heterocycles. The summed E-state index contributed by atoms with van der Waals surface area (Å²) in [6.07, 6.45) is 2.04. The average molecular weight is 156 g/mol. The van der Waals surface area contributed by atoms with Crippen LogP contribution in [0, 0.1) is 0 Å². The van der Waals surface area contributed by atoms with Gasteiger partial charge in [-0.2, -0.15) is 0 Å². The summed E-state index contributed by atoms with van der Waals surface area (Å²) in [7, 11) is 0. The minimum absolute atomic E-state index is 0.0972. The van der Waals surface area contributed by atoms with Gasteiger partial charge in [-0.1, -0.05) is 13.3 Å². The summed E-state index contributed by atoms with van der Waals surface area (Å²) in [5.41, 5.74) is 0. The van der Waals surface area contributed by atoms with E-state index >= 15 is 0 Å². The number of nitrogens with zero attached hydrogens (tertiary/aromatic N) is 1. The molecular weight excluding hydrogens is 140 g/mol. The molecule has 3 nitrogen and oxygen atoms in total. The monoisotopic (exact) mass is 156 g/mol. The molecule has 64 valence electrons. The van der Waals surface area contributed by atoms with Crippen molar-refractivity contribution in [2.24, 2.45) is 0 Å². The third kappa shape index (κ3) is 1.71. The zero-order chi connectivity index (χ0) is 8.27. The topological polar surface area (TPSA) is 32.3 Å². The summed E-state index contributed by atoms with van der Waals surface area (Å²) >= 11 is 0. The van der Waals surface area contributed by atoms with E-state index in [9.17, 15) is 4.79 Å². The maximum absolute atomic E-state index is 11.4. The van der Waals surface area contributed by atoms with E-state index in [1.165, 1.54) is 0 Å². The van der Waals surface area contributed by atoms with Crippen LogP contribution >= 0.6 is 0 Å². The Kier molecular flexibility index (Phi) is 2.88. The first kappa shape index (κ1) is 8.53. The van der Waals surface area contributed by atoms with Gasteiger partial charge in [-0.15, -0.1) is 0 Å². The van der Waals surface area contributed by atoms with Crippen molar-refractivity contribution in [1.82, 2.24) is 10.2 Å². The highest BCUT2D eigenvalue weighted by Crippen LogP contribution is 2.07. The van der Waals surface area contributed by atoms with Crippen molar-refractivity contribution >= 4 is 5.91 Å². The van der Waals surface area contributed by atoms with Crippen LogP contribution in [0.4, 0.5) is 0 Å². The van der Waals surface area contributed by atoms with Gasteiger partial charge in [-0.25, -0.2) is 0 Å². The second-order valence-electron chi connectivity index (χ2n) is 2.90. The summed E-state index contributed by atoms with van der Waals surface area (Å²) in [4.78, 5) is 13.2. The van der Waals surface area contributed by atoms with Gasteiger partial charge in [0, 0.05) is 6.54 Å². The number of hydrogen-bond acceptors (Lipinski definition) is 2. The number of nitrogens with one attached hydrogen (secondary N) is 1. The fraction of sp³-hybridized carbons (Fsp3) is 0.875. The first-order valence-electron chi connectivity index (χ1n) is 4.31.